The van der Waals surface area contributed by atoms with Crippen molar-refractivity contribution >= 4 is 27.6 Å². The lowest BCUT2D eigenvalue weighted by Gasteiger charge is -2.35. The molecular formula is C20H20ClFN4O5S. The molecule has 32 heavy (non-hydrogen) atoms. The number of hydrogen-bond acceptors (Lipinski definition) is 7. The van der Waals surface area contributed by atoms with E-state index < -0.39 is 21.8 Å². The fourth-order valence-corrected chi connectivity index (χ4v) is 5.54. The smallest absolute Gasteiger partial charge is 0.374 e. The normalized spacial score (nSPS) is 19.8. The molecule has 0 spiro atoms. The van der Waals surface area contributed by atoms with Crippen LogP contribution in [0.25, 0.3) is 11.5 Å². The number of aromatic amines is 1. The quantitative estimate of drug-likeness (QED) is 0.553. The van der Waals surface area contributed by atoms with Gasteiger partial charge in [-0.2, -0.15) is 4.31 Å². The van der Waals surface area contributed by atoms with Crippen LogP contribution in [0.2, 0.25) is 5.15 Å². The predicted molar refractivity (Wildman–Crippen MR) is 112 cm³/mol. The second kappa shape index (κ2) is 8.64. The first-order valence-corrected chi connectivity index (χ1v) is 11.6. The number of rotatable bonds is 5. The molecule has 0 radical (unpaired) electrons. The first-order chi connectivity index (χ1) is 15.2. The number of esters is 1. The maximum Gasteiger partial charge on any atom is 0.374 e. The Labute approximate surface area is 188 Å². The summed E-state index contributed by atoms with van der Waals surface area (Å²) in [5.74, 6) is -1.14. The Balaban J connectivity index is 1.52. The molecule has 3 aromatic heterocycles. The van der Waals surface area contributed by atoms with Crippen molar-refractivity contribution in [2.75, 3.05) is 20.2 Å². The summed E-state index contributed by atoms with van der Waals surface area (Å²) in [5.41, 5.74) is 1.13. The molecule has 4 heterocycles. The minimum atomic E-state index is -3.92. The van der Waals surface area contributed by atoms with Gasteiger partial charge in [0.25, 0.3) is 10.0 Å². The predicted octanol–water partition coefficient (Wildman–Crippen LogP) is 3.46. The van der Waals surface area contributed by atoms with Gasteiger partial charge in [0.05, 0.1) is 19.0 Å². The molecule has 1 N–H and O–H groups in total. The highest BCUT2D eigenvalue weighted by atomic mass is 35.5. The van der Waals surface area contributed by atoms with Crippen molar-refractivity contribution in [2.24, 2.45) is 5.92 Å². The van der Waals surface area contributed by atoms with Crippen LogP contribution in [0.1, 0.15) is 35.5 Å². The number of halogens is 2. The Bertz CT molecular complexity index is 1240. The molecule has 1 fully saturated rings. The van der Waals surface area contributed by atoms with Crippen LogP contribution in [0.3, 0.4) is 0 Å². The molecule has 4 rings (SSSR count). The molecule has 1 aliphatic heterocycles. The highest BCUT2D eigenvalue weighted by Crippen LogP contribution is 2.38. The second-order valence-electron chi connectivity index (χ2n) is 7.50. The molecule has 1 saturated heterocycles. The Morgan fingerprint density at radius 2 is 2.12 bits per heavy atom. The van der Waals surface area contributed by atoms with Gasteiger partial charge in [-0.25, -0.2) is 27.6 Å². The van der Waals surface area contributed by atoms with Gasteiger partial charge in [-0.15, -0.1) is 0 Å². The van der Waals surface area contributed by atoms with Crippen molar-refractivity contribution in [3.05, 3.63) is 52.9 Å². The zero-order chi connectivity index (χ0) is 23.0. The molecular weight excluding hydrogens is 463 g/mol. The maximum absolute atomic E-state index is 13.1. The largest absolute Gasteiger partial charge is 0.463 e. The first kappa shape index (κ1) is 22.4. The minimum Gasteiger partial charge on any atom is -0.463 e. The van der Waals surface area contributed by atoms with Crippen LogP contribution >= 0.6 is 11.6 Å². The van der Waals surface area contributed by atoms with Crippen molar-refractivity contribution in [2.45, 2.75) is 24.4 Å². The van der Waals surface area contributed by atoms with Crippen molar-refractivity contribution < 1.29 is 26.8 Å². The van der Waals surface area contributed by atoms with Crippen molar-refractivity contribution in [1.29, 1.82) is 0 Å². The van der Waals surface area contributed by atoms with Crippen LogP contribution in [0.5, 0.6) is 0 Å². The number of nitrogens with zero attached hydrogens (tertiary/aromatic N) is 3. The molecule has 0 saturated carbocycles. The van der Waals surface area contributed by atoms with E-state index in [0.29, 0.717) is 23.6 Å². The van der Waals surface area contributed by atoms with E-state index in [1.165, 1.54) is 35.7 Å². The van der Waals surface area contributed by atoms with Gasteiger partial charge in [0.2, 0.25) is 10.9 Å². The number of ether oxygens (including phenoxy) is 1. The summed E-state index contributed by atoms with van der Waals surface area (Å²) in [4.78, 5) is 23.0. The highest BCUT2D eigenvalue weighted by Gasteiger charge is 2.37. The van der Waals surface area contributed by atoms with Gasteiger partial charge in [0, 0.05) is 19.0 Å². The lowest BCUT2D eigenvalue weighted by molar-refractivity contribution is 0.0558. The summed E-state index contributed by atoms with van der Waals surface area (Å²) in [7, 11) is -2.73. The van der Waals surface area contributed by atoms with E-state index in [1.54, 1.807) is 0 Å². The monoisotopic (exact) mass is 482 g/mol. The number of H-pyrrole nitrogens is 1. The number of aromatic nitrogens is 3. The number of methoxy groups -OCH3 is 1. The zero-order valence-electron chi connectivity index (χ0n) is 17.2. The number of carbonyl (C=O) groups is 1. The van der Waals surface area contributed by atoms with Crippen LogP contribution < -0.4 is 0 Å². The number of pyridine rings is 1. The van der Waals surface area contributed by atoms with Crippen LogP contribution in [-0.2, 0) is 14.8 Å². The third-order valence-electron chi connectivity index (χ3n) is 5.46. The average molecular weight is 483 g/mol. The van der Waals surface area contributed by atoms with E-state index in [0.717, 1.165) is 6.20 Å². The number of hydrogen-bond donors (Lipinski definition) is 1. The summed E-state index contributed by atoms with van der Waals surface area (Å²) >= 11 is 6.36. The molecule has 0 amide bonds. The summed E-state index contributed by atoms with van der Waals surface area (Å²) in [6.45, 7) is 2.37. The van der Waals surface area contributed by atoms with Crippen LogP contribution in [-0.4, -0.2) is 53.8 Å². The van der Waals surface area contributed by atoms with Crippen LogP contribution in [0.4, 0.5) is 4.39 Å². The minimum absolute atomic E-state index is 0.0714. The highest BCUT2D eigenvalue weighted by molar-refractivity contribution is 7.89. The van der Waals surface area contributed by atoms with Crippen LogP contribution in [0, 0.1) is 11.7 Å². The van der Waals surface area contributed by atoms with E-state index in [1.807, 2.05) is 6.92 Å². The molecule has 1 aliphatic rings. The fraction of sp³-hybridized carbons (Fsp3) is 0.350. The molecule has 0 unspecified atom stereocenters. The summed E-state index contributed by atoms with van der Waals surface area (Å²) in [6, 6.07) is 5.29. The second-order valence-corrected chi connectivity index (χ2v) is 9.72. The van der Waals surface area contributed by atoms with Crippen molar-refractivity contribution in [3.63, 3.8) is 0 Å². The molecule has 9 nitrogen and oxygen atoms in total. The van der Waals surface area contributed by atoms with Gasteiger partial charge < -0.3 is 14.1 Å². The van der Waals surface area contributed by atoms with Gasteiger partial charge in [-0.1, -0.05) is 18.5 Å². The standard InChI is InChI=1S/C20H20ClFN4O5S/c1-11-10-26(32(28,29)16-6-5-15(31-16)20(27)30-2)8-7-13(11)17-18(21)25-19(24-17)14-4-3-12(22)9-23-14/h3-6,9,11,13H,7-8,10H2,1-2H3,(H,24,25)/t11-,13+/m0/s1. The van der Waals surface area contributed by atoms with Crippen LogP contribution in [0.15, 0.2) is 40.0 Å². The Morgan fingerprint density at radius 1 is 1.34 bits per heavy atom. The SMILES string of the molecule is COC(=O)c1ccc(S(=O)(=O)N2CC[C@@H](c3[nH]c(-c4ccc(F)cn4)nc3Cl)[C@@H](C)C2)o1. The third-order valence-corrected chi connectivity index (χ3v) is 7.48. The van der Waals surface area contributed by atoms with Crippen molar-refractivity contribution in [1.82, 2.24) is 19.3 Å². The molecule has 0 aliphatic carbocycles. The summed E-state index contributed by atoms with van der Waals surface area (Å²) in [5, 5.41) is -0.0409. The Hall–Kier alpha value is -2.76. The van der Waals surface area contributed by atoms with Gasteiger partial charge in [0.1, 0.15) is 11.5 Å². The number of imidazole rings is 1. The molecule has 2 atom stereocenters. The van der Waals surface area contributed by atoms with Crippen molar-refractivity contribution in [3.8, 4) is 11.5 Å². The third kappa shape index (κ3) is 4.15. The summed E-state index contributed by atoms with van der Waals surface area (Å²) in [6.07, 6.45) is 1.58. The number of furan rings is 1. The molecule has 0 aromatic carbocycles. The number of sulfonamides is 1. The van der Waals surface area contributed by atoms with Gasteiger partial charge in [-0.3, -0.25) is 0 Å². The van der Waals surface area contributed by atoms with E-state index in [4.69, 9.17) is 16.0 Å². The van der Waals surface area contributed by atoms with Gasteiger partial charge in [0.15, 0.2) is 11.0 Å². The molecule has 12 heteroatoms. The fourth-order valence-electron chi connectivity index (χ4n) is 3.80. The van der Waals surface area contributed by atoms with E-state index in [-0.39, 0.29) is 40.9 Å². The molecule has 170 valence electrons. The topological polar surface area (TPSA) is 118 Å². The average Bonchev–Trinajstić information content (AvgIpc) is 3.41. The van der Waals surface area contributed by atoms with Gasteiger partial charge in [-0.05, 0) is 36.6 Å². The Kier molecular flexibility index (Phi) is 6.06. The van der Waals surface area contributed by atoms with E-state index >= 15 is 0 Å². The number of carbonyl (C=O) groups excluding carboxylic acids is 1. The first-order valence-electron chi connectivity index (χ1n) is 9.76. The van der Waals surface area contributed by atoms with E-state index in [2.05, 4.69) is 19.7 Å². The molecule has 0 bridgehead atoms. The Morgan fingerprint density at radius 3 is 2.78 bits per heavy atom. The number of nitrogens with one attached hydrogen (secondary N) is 1. The molecule has 3 aromatic rings. The summed E-state index contributed by atoms with van der Waals surface area (Å²) < 4.78 is 50.2. The lowest BCUT2D eigenvalue weighted by atomic mass is 9.86. The zero-order valence-corrected chi connectivity index (χ0v) is 18.8. The maximum atomic E-state index is 13.1. The van der Waals surface area contributed by atoms with Gasteiger partial charge >= 0.3 is 5.97 Å². The number of piperidine rings is 1. The van der Waals surface area contributed by atoms with E-state index in [9.17, 15) is 17.6 Å². The lowest BCUT2D eigenvalue weighted by Crippen LogP contribution is -2.42.